The van der Waals surface area contributed by atoms with Gasteiger partial charge in [0, 0.05) is 18.7 Å². The zero-order valence-electron chi connectivity index (χ0n) is 16.9. The first-order valence-electron chi connectivity index (χ1n) is 9.80. The van der Waals surface area contributed by atoms with E-state index >= 15 is 0 Å². The summed E-state index contributed by atoms with van der Waals surface area (Å²) in [5, 5.41) is 4.76. The summed E-state index contributed by atoms with van der Waals surface area (Å²) in [5.41, 5.74) is 3.07. The van der Waals surface area contributed by atoms with Gasteiger partial charge in [0.25, 0.3) is 5.91 Å². The maximum absolute atomic E-state index is 13.4. The lowest BCUT2D eigenvalue weighted by Gasteiger charge is -2.35. The number of nitrogens with zero attached hydrogens (tertiary/aromatic N) is 3. The molecule has 3 aromatic rings. The summed E-state index contributed by atoms with van der Waals surface area (Å²) in [7, 11) is 1.64. The molecule has 29 heavy (non-hydrogen) atoms. The number of aromatic nitrogens is 2. The SMILES string of the molecule is COc1ccc(-c2cc(C(=O)N3CC(C)OC(C)C3)n(-c3ccccc3)n2)cc1. The Hall–Kier alpha value is -3.12. The number of benzene rings is 2. The Morgan fingerprint density at radius 3 is 2.31 bits per heavy atom. The Morgan fingerprint density at radius 1 is 1.03 bits per heavy atom. The molecule has 4 rings (SSSR count). The van der Waals surface area contributed by atoms with E-state index in [1.807, 2.05) is 79.4 Å². The van der Waals surface area contributed by atoms with Crippen molar-refractivity contribution in [3.8, 4) is 22.7 Å². The predicted octanol–water partition coefficient (Wildman–Crippen LogP) is 3.80. The van der Waals surface area contributed by atoms with Crippen LogP contribution in [-0.2, 0) is 4.74 Å². The zero-order valence-corrected chi connectivity index (χ0v) is 16.9. The molecule has 0 saturated carbocycles. The molecule has 6 heteroatoms. The van der Waals surface area contributed by atoms with E-state index in [0.717, 1.165) is 22.7 Å². The smallest absolute Gasteiger partial charge is 0.272 e. The molecular formula is C23H25N3O3. The van der Waals surface area contributed by atoms with Crippen LogP contribution in [0.3, 0.4) is 0 Å². The second kappa shape index (κ2) is 8.09. The molecule has 2 aromatic carbocycles. The van der Waals surface area contributed by atoms with Gasteiger partial charge in [0.05, 0.1) is 30.7 Å². The number of morpholine rings is 1. The summed E-state index contributed by atoms with van der Waals surface area (Å²) in [6.07, 6.45) is 0.0220. The maximum atomic E-state index is 13.4. The lowest BCUT2D eigenvalue weighted by molar-refractivity contribution is -0.0588. The number of para-hydroxylation sites is 1. The molecule has 1 aliphatic heterocycles. The Bertz CT molecular complexity index is 972. The van der Waals surface area contributed by atoms with Crippen LogP contribution < -0.4 is 4.74 Å². The molecule has 6 nitrogen and oxygen atoms in total. The molecule has 1 aliphatic rings. The van der Waals surface area contributed by atoms with Crippen molar-refractivity contribution in [3.63, 3.8) is 0 Å². The number of carbonyl (C=O) groups is 1. The molecule has 1 saturated heterocycles. The van der Waals surface area contributed by atoms with E-state index in [1.165, 1.54) is 0 Å². The van der Waals surface area contributed by atoms with Crippen LogP contribution in [0.1, 0.15) is 24.3 Å². The first kappa shape index (κ1) is 19.2. The van der Waals surface area contributed by atoms with Crippen molar-refractivity contribution in [1.82, 2.24) is 14.7 Å². The van der Waals surface area contributed by atoms with Gasteiger partial charge in [-0.1, -0.05) is 18.2 Å². The zero-order chi connectivity index (χ0) is 20.4. The number of hydrogen-bond acceptors (Lipinski definition) is 4. The van der Waals surface area contributed by atoms with Crippen molar-refractivity contribution >= 4 is 5.91 Å². The molecule has 0 radical (unpaired) electrons. The van der Waals surface area contributed by atoms with Gasteiger partial charge >= 0.3 is 0 Å². The molecular weight excluding hydrogens is 366 g/mol. The molecule has 2 heterocycles. The third kappa shape index (κ3) is 4.03. The minimum absolute atomic E-state index is 0.0110. The molecule has 1 aromatic heterocycles. The number of hydrogen-bond donors (Lipinski definition) is 0. The second-order valence-corrected chi connectivity index (χ2v) is 7.36. The maximum Gasteiger partial charge on any atom is 0.272 e. The fourth-order valence-electron chi connectivity index (χ4n) is 3.71. The predicted molar refractivity (Wildman–Crippen MR) is 111 cm³/mol. The van der Waals surface area contributed by atoms with E-state index in [-0.39, 0.29) is 18.1 Å². The van der Waals surface area contributed by atoms with Gasteiger partial charge in [-0.05, 0) is 56.3 Å². The lowest BCUT2D eigenvalue weighted by atomic mass is 10.1. The highest BCUT2D eigenvalue weighted by atomic mass is 16.5. The normalized spacial score (nSPS) is 19.2. The van der Waals surface area contributed by atoms with Crippen LogP contribution >= 0.6 is 0 Å². The topological polar surface area (TPSA) is 56.6 Å². The Morgan fingerprint density at radius 2 is 1.69 bits per heavy atom. The summed E-state index contributed by atoms with van der Waals surface area (Å²) < 4.78 is 12.8. The average Bonchev–Trinajstić information content (AvgIpc) is 3.18. The molecule has 0 spiro atoms. The van der Waals surface area contributed by atoms with Crippen molar-refractivity contribution in [2.75, 3.05) is 20.2 Å². The molecule has 0 N–H and O–H groups in total. The summed E-state index contributed by atoms with van der Waals surface area (Å²) >= 11 is 0. The monoisotopic (exact) mass is 391 g/mol. The largest absolute Gasteiger partial charge is 0.497 e. The van der Waals surface area contributed by atoms with Crippen LogP contribution in [0.25, 0.3) is 16.9 Å². The fourth-order valence-corrected chi connectivity index (χ4v) is 3.71. The number of amides is 1. The molecule has 150 valence electrons. The van der Waals surface area contributed by atoms with Gasteiger partial charge < -0.3 is 14.4 Å². The van der Waals surface area contributed by atoms with Crippen LogP contribution in [0, 0.1) is 0 Å². The molecule has 0 bridgehead atoms. The number of carbonyl (C=O) groups excluding carboxylic acids is 1. The van der Waals surface area contributed by atoms with E-state index in [0.29, 0.717) is 18.8 Å². The Kier molecular flexibility index (Phi) is 5.36. The Labute approximate surface area is 170 Å². The molecule has 2 unspecified atom stereocenters. The van der Waals surface area contributed by atoms with Gasteiger partial charge in [0.2, 0.25) is 0 Å². The van der Waals surface area contributed by atoms with Crippen LogP contribution in [0.4, 0.5) is 0 Å². The van der Waals surface area contributed by atoms with Crippen molar-refractivity contribution < 1.29 is 14.3 Å². The molecule has 1 amide bonds. The van der Waals surface area contributed by atoms with E-state index in [1.54, 1.807) is 11.8 Å². The highest BCUT2D eigenvalue weighted by molar-refractivity contribution is 5.94. The molecule has 0 aliphatic carbocycles. The van der Waals surface area contributed by atoms with Gasteiger partial charge in [0.1, 0.15) is 11.4 Å². The summed E-state index contributed by atoms with van der Waals surface area (Å²) in [4.78, 5) is 15.3. The van der Waals surface area contributed by atoms with E-state index in [9.17, 15) is 4.79 Å². The highest BCUT2D eigenvalue weighted by Crippen LogP contribution is 2.25. The number of rotatable bonds is 4. The van der Waals surface area contributed by atoms with Gasteiger partial charge in [0.15, 0.2) is 0 Å². The number of ether oxygens (including phenoxy) is 2. The first-order chi connectivity index (χ1) is 14.0. The van der Waals surface area contributed by atoms with Crippen LogP contribution in [0.15, 0.2) is 60.7 Å². The highest BCUT2D eigenvalue weighted by Gasteiger charge is 2.29. The van der Waals surface area contributed by atoms with Crippen molar-refractivity contribution in [1.29, 1.82) is 0 Å². The molecule has 2 atom stereocenters. The quantitative estimate of drug-likeness (QED) is 0.679. The lowest BCUT2D eigenvalue weighted by Crippen LogP contribution is -2.48. The summed E-state index contributed by atoms with van der Waals surface area (Å²) in [6, 6.07) is 19.3. The van der Waals surface area contributed by atoms with Gasteiger partial charge in [-0.2, -0.15) is 5.10 Å². The van der Waals surface area contributed by atoms with Crippen LogP contribution in [0.2, 0.25) is 0 Å². The van der Waals surface area contributed by atoms with E-state index < -0.39 is 0 Å². The summed E-state index contributed by atoms with van der Waals surface area (Å²) in [5.74, 6) is 0.743. The average molecular weight is 391 g/mol. The van der Waals surface area contributed by atoms with Gasteiger partial charge in [-0.25, -0.2) is 4.68 Å². The van der Waals surface area contributed by atoms with Crippen LogP contribution in [0.5, 0.6) is 5.75 Å². The van der Waals surface area contributed by atoms with Gasteiger partial charge in [-0.15, -0.1) is 0 Å². The fraction of sp³-hybridized carbons (Fsp3) is 0.304. The second-order valence-electron chi connectivity index (χ2n) is 7.36. The van der Waals surface area contributed by atoms with Gasteiger partial charge in [-0.3, -0.25) is 4.79 Å². The van der Waals surface area contributed by atoms with Crippen molar-refractivity contribution in [2.45, 2.75) is 26.1 Å². The van der Waals surface area contributed by atoms with Crippen molar-refractivity contribution in [2.24, 2.45) is 0 Å². The number of methoxy groups -OCH3 is 1. The van der Waals surface area contributed by atoms with Crippen LogP contribution in [-0.4, -0.2) is 53.0 Å². The minimum Gasteiger partial charge on any atom is -0.497 e. The molecule has 1 fully saturated rings. The Balaban J connectivity index is 1.74. The summed E-state index contributed by atoms with van der Waals surface area (Å²) in [6.45, 7) is 5.13. The van der Waals surface area contributed by atoms with Crippen molar-refractivity contribution in [3.05, 3.63) is 66.4 Å². The minimum atomic E-state index is -0.0388. The third-order valence-electron chi connectivity index (χ3n) is 5.02. The standard InChI is InChI=1S/C23H25N3O3/c1-16-14-25(15-17(2)29-16)23(27)22-13-21(18-9-11-20(28-3)12-10-18)24-26(22)19-7-5-4-6-8-19/h4-13,16-17H,14-15H2,1-3H3. The van der Waals surface area contributed by atoms with E-state index in [2.05, 4.69) is 0 Å². The van der Waals surface area contributed by atoms with E-state index in [4.69, 9.17) is 14.6 Å². The third-order valence-corrected chi connectivity index (χ3v) is 5.02. The first-order valence-corrected chi connectivity index (χ1v) is 9.80.